The lowest BCUT2D eigenvalue weighted by Gasteiger charge is -2.22. The van der Waals surface area contributed by atoms with Crippen LogP contribution in [0.4, 0.5) is 0 Å². The quantitative estimate of drug-likeness (QED) is 0.282. The highest BCUT2D eigenvalue weighted by Gasteiger charge is 2.11. The fraction of sp³-hybridized carbons (Fsp3) is 0.424. The average Bonchev–Trinajstić information content (AvgIpc) is 2.88. The van der Waals surface area contributed by atoms with E-state index in [0.717, 1.165) is 42.3 Å². The Labute approximate surface area is 220 Å². The molecule has 1 aliphatic carbocycles. The number of unbranched alkanes of at least 4 members (excludes halogenated alkanes) is 2. The van der Waals surface area contributed by atoms with E-state index in [4.69, 9.17) is 5.73 Å². The van der Waals surface area contributed by atoms with E-state index in [9.17, 15) is 0 Å². The zero-order chi connectivity index (χ0) is 26.9. The fourth-order valence-corrected chi connectivity index (χ4v) is 3.62. The van der Waals surface area contributed by atoms with Crippen LogP contribution in [0.1, 0.15) is 89.3 Å². The molecule has 196 valence electrons. The molecule has 1 unspecified atom stereocenters. The van der Waals surface area contributed by atoms with Crippen LogP contribution in [0.15, 0.2) is 67.4 Å². The maximum Gasteiger partial charge on any atom is 0.0659 e. The topological polar surface area (TPSA) is 50.9 Å². The first kappa shape index (κ1) is 31.1. The Morgan fingerprint density at radius 2 is 1.75 bits per heavy atom. The molecule has 1 atom stereocenters. The first-order valence-corrected chi connectivity index (χ1v) is 13.4. The van der Waals surface area contributed by atoms with Crippen molar-refractivity contribution in [1.82, 2.24) is 10.3 Å². The zero-order valence-corrected chi connectivity index (χ0v) is 23.5. The van der Waals surface area contributed by atoms with E-state index in [1.54, 1.807) is 0 Å². The number of aromatic nitrogens is 1. The fourth-order valence-electron chi connectivity index (χ4n) is 3.62. The lowest BCUT2D eigenvalue weighted by Crippen LogP contribution is -2.32. The second-order valence-corrected chi connectivity index (χ2v) is 9.71. The number of pyridine rings is 1. The molecule has 0 saturated heterocycles. The van der Waals surface area contributed by atoms with Gasteiger partial charge in [0.25, 0.3) is 0 Å². The molecule has 3 N–H and O–H groups in total. The monoisotopic (exact) mass is 487 g/mol. The van der Waals surface area contributed by atoms with Gasteiger partial charge >= 0.3 is 0 Å². The molecule has 1 heterocycles. The van der Waals surface area contributed by atoms with Crippen LogP contribution < -0.4 is 21.6 Å². The summed E-state index contributed by atoms with van der Waals surface area (Å²) in [4.78, 5) is 4.56. The average molecular weight is 488 g/mol. The van der Waals surface area contributed by atoms with Gasteiger partial charge < -0.3 is 11.1 Å². The third-order valence-electron chi connectivity index (χ3n) is 6.13. The molecule has 3 heteroatoms. The summed E-state index contributed by atoms with van der Waals surface area (Å²) >= 11 is 0. The molecule has 2 aromatic rings. The second-order valence-electron chi connectivity index (χ2n) is 9.71. The largest absolute Gasteiger partial charge is 0.379 e. The van der Waals surface area contributed by atoms with Crippen molar-refractivity contribution in [1.29, 1.82) is 0 Å². The Bertz CT molecular complexity index is 1090. The summed E-state index contributed by atoms with van der Waals surface area (Å²) in [7, 11) is 0. The number of hydrogen-bond donors (Lipinski definition) is 2. The van der Waals surface area contributed by atoms with Crippen molar-refractivity contribution >= 4 is 17.8 Å². The predicted octanol–water partition coefficient (Wildman–Crippen LogP) is 6.95. The second kappa shape index (κ2) is 17.5. The van der Waals surface area contributed by atoms with Gasteiger partial charge in [-0.2, -0.15) is 0 Å². The molecule has 0 saturated carbocycles. The normalized spacial score (nSPS) is 12.2. The van der Waals surface area contributed by atoms with E-state index in [1.807, 2.05) is 25.3 Å². The number of nitrogens with zero attached hydrogens (tertiary/aromatic N) is 1. The smallest absolute Gasteiger partial charge is 0.0659 e. The van der Waals surface area contributed by atoms with Gasteiger partial charge in [0.15, 0.2) is 0 Å². The number of nitrogens with one attached hydrogen (secondary N) is 1. The number of allylic oxidation sites excluding steroid dienone is 1. The van der Waals surface area contributed by atoms with Gasteiger partial charge in [0.05, 0.1) is 5.35 Å². The van der Waals surface area contributed by atoms with Crippen molar-refractivity contribution in [2.75, 3.05) is 0 Å². The van der Waals surface area contributed by atoms with Gasteiger partial charge in [-0.15, -0.1) is 6.58 Å². The van der Waals surface area contributed by atoms with Crippen LogP contribution in [-0.2, 0) is 6.54 Å². The van der Waals surface area contributed by atoms with Crippen molar-refractivity contribution in [2.45, 2.75) is 92.2 Å². The molecule has 0 aliphatic heterocycles. The number of nitrogens with two attached hydrogens (primary N) is 1. The minimum absolute atomic E-state index is 0.297. The summed E-state index contributed by atoms with van der Waals surface area (Å²) in [5.74, 6) is 0. The van der Waals surface area contributed by atoms with Crippen LogP contribution in [-0.4, -0.2) is 11.0 Å². The van der Waals surface area contributed by atoms with E-state index in [-0.39, 0.29) is 0 Å². The molecule has 36 heavy (non-hydrogen) atoms. The molecule has 3 nitrogen and oxygen atoms in total. The lowest BCUT2D eigenvalue weighted by molar-refractivity contribution is 0.566. The van der Waals surface area contributed by atoms with E-state index < -0.39 is 0 Å². The molecule has 0 radical (unpaired) electrons. The summed E-state index contributed by atoms with van der Waals surface area (Å²) < 4.78 is 0. The number of rotatable bonds is 10. The zero-order valence-electron chi connectivity index (χ0n) is 23.5. The molecule has 1 aromatic carbocycles. The molecular formula is C33H49N3. The van der Waals surface area contributed by atoms with Crippen LogP contribution in [0.3, 0.4) is 0 Å². The van der Waals surface area contributed by atoms with Crippen molar-refractivity contribution in [3.8, 4) is 0 Å². The minimum atomic E-state index is 0.297. The van der Waals surface area contributed by atoms with Crippen LogP contribution in [0.2, 0.25) is 0 Å². The van der Waals surface area contributed by atoms with Crippen molar-refractivity contribution < 1.29 is 0 Å². The number of hydrogen-bond acceptors (Lipinski definition) is 3. The molecular weight excluding hydrogens is 438 g/mol. The molecule has 0 spiro atoms. The van der Waals surface area contributed by atoms with Crippen molar-refractivity contribution in [3.05, 3.63) is 94.7 Å². The molecule has 3 rings (SSSR count). The molecule has 1 aliphatic rings. The summed E-state index contributed by atoms with van der Waals surface area (Å²) in [6.07, 6.45) is 14.5. The van der Waals surface area contributed by atoms with Gasteiger partial charge in [0.1, 0.15) is 0 Å². The van der Waals surface area contributed by atoms with E-state index in [0.29, 0.717) is 12.6 Å². The summed E-state index contributed by atoms with van der Waals surface area (Å²) in [6.45, 7) is 23.2. The van der Waals surface area contributed by atoms with Crippen LogP contribution in [0.5, 0.6) is 0 Å². The lowest BCUT2D eigenvalue weighted by atomic mass is 10.0. The van der Waals surface area contributed by atoms with E-state index in [1.165, 1.54) is 46.8 Å². The third-order valence-corrected chi connectivity index (χ3v) is 6.13. The summed E-state index contributed by atoms with van der Waals surface area (Å²) in [5, 5.41) is 5.87. The summed E-state index contributed by atoms with van der Waals surface area (Å²) in [5.41, 5.74) is 12.3. The highest BCUT2D eigenvalue weighted by atomic mass is 14.9. The number of fused-ring (bicyclic) bond motifs is 1. The number of aryl methyl sites for hydroxylation is 1. The van der Waals surface area contributed by atoms with Gasteiger partial charge in [-0.3, -0.25) is 4.98 Å². The Kier molecular flexibility index (Phi) is 15.1. The molecule has 0 amide bonds. The Morgan fingerprint density at radius 3 is 2.31 bits per heavy atom. The predicted molar refractivity (Wildman–Crippen MR) is 161 cm³/mol. The Morgan fingerprint density at radius 1 is 1.06 bits per heavy atom. The summed E-state index contributed by atoms with van der Waals surface area (Å²) in [6, 6.07) is 10.7. The van der Waals surface area contributed by atoms with Crippen molar-refractivity contribution in [3.63, 3.8) is 0 Å². The van der Waals surface area contributed by atoms with Crippen molar-refractivity contribution in [2.24, 2.45) is 5.73 Å². The SMILES string of the molecule is C=C(C)CC.C=C(NC(CCCCC)C(=C)C)c1cnc2c(c1)=CCCC=2.Cc1cccc(CN)c1. The van der Waals surface area contributed by atoms with E-state index >= 15 is 0 Å². The molecule has 0 fully saturated rings. The van der Waals surface area contributed by atoms with Crippen LogP contribution in [0.25, 0.3) is 17.8 Å². The van der Waals surface area contributed by atoms with Crippen LogP contribution in [0, 0.1) is 6.92 Å². The maximum absolute atomic E-state index is 5.42. The Hall–Kier alpha value is -2.91. The maximum atomic E-state index is 5.42. The highest BCUT2D eigenvalue weighted by Crippen LogP contribution is 2.14. The molecule has 1 aromatic heterocycles. The highest BCUT2D eigenvalue weighted by molar-refractivity contribution is 5.62. The standard InChI is InChI=1S/C20H28N2.C8H11N.C5H10/c1-5-6-7-11-19(15(2)3)22-16(4)18-13-17-10-8-9-12-20(17)21-14-18;1-7-3-2-4-8(5-7)6-9;1-4-5(2)3/h10,12-14,19,22H,2,4-9,11H2,1,3H3;2-5H,6,9H2,1H3;2,4H2,1,3H3. The van der Waals surface area contributed by atoms with Gasteiger partial charge in [-0.25, -0.2) is 0 Å². The first-order valence-electron chi connectivity index (χ1n) is 13.4. The third kappa shape index (κ3) is 12.2. The first-order chi connectivity index (χ1) is 17.2. The van der Waals surface area contributed by atoms with Gasteiger partial charge in [0, 0.05) is 30.0 Å². The minimum Gasteiger partial charge on any atom is -0.379 e. The van der Waals surface area contributed by atoms with Crippen LogP contribution >= 0.6 is 0 Å². The van der Waals surface area contributed by atoms with Gasteiger partial charge in [0.2, 0.25) is 0 Å². The Balaban J connectivity index is 0.000000379. The molecule has 0 bridgehead atoms. The number of benzene rings is 1. The van der Waals surface area contributed by atoms with E-state index in [2.05, 4.69) is 88.1 Å². The van der Waals surface area contributed by atoms with Gasteiger partial charge in [-0.05, 0) is 63.3 Å². The van der Waals surface area contributed by atoms with Gasteiger partial charge in [-0.1, -0.05) is 99.4 Å².